The number of carbonyl (C=O) groups excluding carboxylic acids is 1. The van der Waals surface area contributed by atoms with Crippen molar-refractivity contribution in [2.24, 2.45) is 11.8 Å². The van der Waals surface area contributed by atoms with Gasteiger partial charge in [0.25, 0.3) is 5.56 Å². The molecule has 27 heavy (non-hydrogen) atoms. The van der Waals surface area contributed by atoms with Gasteiger partial charge in [0.1, 0.15) is 5.75 Å². The maximum Gasteiger partial charge on any atom is 0.471 e. The van der Waals surface area contributed by atoms with Gasteiger partial charge >= 0.3 is 12.1 Å². The van der Waals surface area contributed by atoms with E-state index in [1.807, 2.05) is 0 Å². The van der Waals surface area contributed by atoms with E-state index in [2.05, 4.69) is 15.3 Å². The number of piperidine rings is 2. The van der Waals surface area contributed by atoms with Crippen molar-refractivity contribution in [1.82, 2.24) is 14.9 Å². The molecule has 1 aromatic heterocycles. The fraction of sp³-hybridized carbons (Fsp3) is 0.471. The van der Waals surface area contributed by atoms with E-state index in [0.717, 1.165) is 11.3 Å². The van der Waals surface area contributed by atoms with Crippen LogP contribution < -0.4 is 15.6 Å². The van der Waals surface area contributed by atoms with Crippen molar-refractivity contribution in [2.45, 2.75) is 18.6 Å². The smallest absolute Gasteiger partial charge is 0.471 e. The van der Waals surface area contributed by atoms with Crippen LogP contribution in [0.5, 0.6) is 5.75 Å². The first-order valence-corrected chi connectivity index (χ1v) is 8.46. The molecule has 2 fully saturated rings. The molecule has 1 aromatic carbocycles. The highest BCUT2D eigenvalue weighted by atomic mass is 19.4. The summed E-state index contributed by atoms with van der Waals surface area (Å²) in [5, 5.41) is 3.68. The van der Waals surface area contributed by atoms with Crippen LogP contribution in [0, 0.1) is 11.8 Å². The van der Waals surface area contributed by atoms with E-state index in [9.17, 15) is 22.8 Å². The number of amides is 1. The number of fused-ring (bicyclic) bond motifs is 3. The number of likely N-dealkylation sites (tertiary alicyclic amines) is 1. The maximum absolute atomic E-state index is 12.6. The average molecular weight is 382 g/mol. The van der Waals surface area contributed by atoms with E-state index in [1.54, 1.807) is 12.1 Å². The fourth-order valence-corrected chi connectivity index (χ4v) is 4.03. The molecule has 2 bridgehead atoms. The minimum absolute atomic E-state index is 0.0601. The lowest BCUT2D eigenvalue weighted by atomic mass is 9.66. The van der Waals surface area contributed by atoms with Crippen molar-refractivity contribution in [1.29, 1.82) is 0 Å². The standard InChI is InChI=1S/C17H17F3N4O3/c1-27-13-4-11-10(15(25)22-7-21-11)3-12(13)23-14-8-2-9(14)6-24(5-8)16(26)17(18,19)20/h3-4,7-9,14,23H,2,5-6H2,1H3,(H,21,22,25)/t8-,9+,14+. The number of benzene rings is 1. The summed E-state index contributed by atoms with van der Waals surface area (Å²) in [7, 11) is 1.49. The number of nitrogens with one attached hydrogen (secondary N) is 2. The number of nitrogens with zero attached hydrogens (tertiary/aromatic N) is 2. The zero-order valence-corrected chi connectivity index (χ0v) is 14.3. The van der Waals surface area contributed by atoms with Crippen molar-refractivity contribution < 1.29 is 22.7 Å². The Hall–Kier alpha value is -2.78. The van der Waals surface area contributed by atoms with Gasteiger partial charge in [0.15, 0.2) is 0 Å². The number of carbonyl (C=O) groups is 1. The molecule has 10 heteroatoms. The highest BCUT2D eigenvalue weighted by molar-refractivity contribution is 5.85. The number of halogens is 3. The Morgan fingerprint density at radius 2 is 2.04 bits per heavy atom. The summed E-state index contributed by atoms with van der Waals surface area (Å²) in [5.74, 6) is -1.45. The first-order valence-electron chi connectivity index (χ1n) is 8.46. The summed E-state index contributed by atoms with van der Waals surface area (Å²) in [4.78, 5) is 30.9. The molecule has 2 heterocycles. The zero-order chi connectivity index (χ0) is 19.3. The molecular formula is C17H17F3N4O3. The van der Waals surface area contributed by atoms with Gasteiger partial charge < -0.3 is 19.9 Å². The molecule has 1 amide bonds. The third-order valence-corrected chi connectivity index (χ3v) is 5.34. The largest absolute Gasteiger partial charge is 0.495 e. The molecule has 0 unspecified atom stereocenters. The van der Waals surface area contributed by atoms with E-state index in [4.69, 9.17) is 4.74 Å². The Balaban J connectivity index is 1.55. The molecule has 0 radical (unpaired) electrons. The van der Waals surface area contributed by atoms with Crippen LogP contribution in [0.3, 0.4) is 0 Å². The number of rotatable bonds is 3. The zero-order valence-electron chi connectivity index (χ0n) is 14.3. The van der Waals surface area contributed by atoms with Crippen molar-refractivity contribution in [3.63, 3.8) is 0 Å². The lowest BCUT2D eigenvalue weighted by molar-refractivity contribution is -0.191. The van der Waals surface area contributed by atoms with Gasteiger partial charge in [-0.15, -0.1) is 0 Å². The molecule has 2 aliphatic rings. The molecule has 2 N–H and O–H groups in total. The van der Waals surface area contributed by atoms with Gasteiger partial charge in [-0.1, -0.05) is 0 Å². The Morgan fingerprint density at radius 1 is 1.33 bits per heavy atom. The highest BCUT2D eigenvalue weighted by Crippen LogP contribution is 2.44. The number of methoxy groups -OCH3 is 1. The lowest BCUT2D eigenvalue weighted by Crippen LogP contribution is -2.63. The Labute approximate surface area is 151 Å². The van der Waals surface area contributed by atoms with Crippen molar-refractivity contribution in [3.05, 3.63) is 28.8 Å². The third kappa shape index (κ3) is 2.98. The summed E-state index contributed by atoms with van der Waals surface area (Å²) in [6.07, 6.45) is -2.78. The third-order valence-electron chi connectivity index (χ3n) is 5.34. The van der Waals surface area contributed by atoms with E-state index in [1.165, 1.54) is 13.4 Å². The monoisotopic (exact) mass is 382 g/mol. The second-order valence-electron chi connectivity index (χ2n) is 6.94. The summed E-state index contributed by atoms with van der Waals surface area (Å²) in [5.41, 5.74) is 0.775. The van der Waals surface area contributed by atoms with Crippen molar-refractivity contribution in [3.8, 4) is 5.75 Å². The molecule has 3 atom stereocenters. The van der Waals surface area contributed by atoms with Crippen LogP contribution in [0.15, 0.2) is 23.3 Å². The van der Waals surface area contributed by atoms with Gasteiger partial charge in [-0.05, 0) is 24.3 Å². The molecule has 1 saturated heterocycles. The number of ether oxygens (including phenoxy) is 1. The first kappa shape index (κ1) is 17.6. The SMILES string of the molecule is COc1cc2nc[nH]c(=O)c2cc1N[C@H]1[C@@H]2C[C@H]1CN(C(=O)C(F)(F)F)C2. The molecule has 0 spiro atoms. The van der Waals surface area contributed by atoms with E-state index in [0.29, 0.717) is 22.3 Å². The highest BCUT2D eigenvalue weighted by Gasteiger charge is 2.52. The topological polar surface area (TPSA) is 87.3 Å². The van der Waals surface area contributed by atoms with E-state index >= 15 is 0 Å². The quantitative estimate of drug-likeness (QED) is 0.845. The Kier molecular flexibility index (Phi) is 4.01. The number of H-pyrrole nitrogens is 1. The van der Waals surface area contributed by atoms with Gasteiger partial charge in [0.2, 0.25) is 0 Å². The van der Waals surface area contributed by atoms with Crippen LogP contribution in [0.4, 0.5) is 18.9 Å². The number of aromatic amines is 1. The van der Waals surface area contributed by atoms with Gasteiger partial charge in [0.05, 0.1) is 30.0 Å². The lowest BCUT2D eigenvalue weighted by Gasteiger charge is -2.54. The molecule has 4 rings (SSSR count). The van der Waals surface area contributed by atoms with Crippen LogP contribution in [0.25, 0.3) is 10.9 Å². The molecule has 144 valence electrons. The first-order chi connectivity index (χ1) is 12.8. The predicted molar refractivity (Wildman–Crippen MR) is 90.6 cm³/mol. The Bertz CT molecular complexity index is 947. The summed E-state index contributed by atoms with van der Waals surface area (Å²) in [6.45, 7) is 0.120. The van der Waals surface area contributed by atoms with Crippen molar-refractivity contribution in [2.75, 3.05) is 25.5 Å². The van der Waals surface area contributed by atoms with Crippen LogP contribution in [-0.4, -0.2) is 53.2 Å². The maximum atomic E-state index is 12.6. The van der Waals surface area contributed by atoms with Crippen LogP contribution in [0.2, 0.25) is 0 Å². The van der Waals surface area contributed by atoms with Gasteiger partial charge in [-0.3, -0.25) is 9.59 Å². The average Bonchev–Trinajstić information content (AvgIpc) is 2.64. The molecule has 1 aliphatic carbocycles. The second kappa shape index (κ2) is 6.14. The summed E-state index contributed by atoms with van der Waals surface area (Å²) >= 11 is 0. The Morgan fingerprint density at radius 3 is 2.67 bits per heavy atom. The minimum atomic E-state index is -4.84. The molecule has 1 saturated carbocycles. The van der Waals surface area contributed by atoms with Crippen LogP contribution in [-0.2, 0) is 4.79 Å². The van der Waals surface area contributed by atoms with Gasteiger partial charge in [-0.25, -0.2) is 4.98 Å². The molecule has 7 nitrogen and oxygen atoms in total. The van der Waals surface area contributed by atoms with Crippen LogP contribution >= 0.6 is 0 Å². The number of hydrogen-bond acceptors (Lipinski definition) is 5. The number of aromatic nitrogens is 2. The minimum Gasteiger partial charge on any atom is -0.495 e. The summed E-state index contributed by atoms with van der Waals surface area (Å²) in [6, 6.07) is 3.19. The summed E-state index contributed by atoms with van der Waals surface area (Å²) < 4.78 is 43.3. The van der Waals surface area contributed by atoms with Crippen LogP contribution in [0.1, 0.15) is 6.42 Å². The fourth-order valence-electron chi connectivity index (χ4n) is 4.03. The van der Waals surface area contributed by atoms with Gasteiger partial charge in [0, 0.05) is 25.2 Å². The number of alkyl halides is 3. The number of hydrogen-bond donors (Lipinski definition) is 2. The molecule has 1 aliphatic heterocycles. The number of anilines is 1. The predicted octanol–water partition coefficient (Wildman–Crippen LogP) is 1.75. The second-order valence-corrected chi connectivity index (χ2v) is 6.94. The van der Waals surface area contributed by atoms with E-state index < -0.39 is 12.1 Å². The molecular weight excluding hydrogens is 365 g/mol. The molecule has 2 aromatic rings. The van der Waals surface area contributed by atoms with E-state index in [-0.39, 0.29) is 36.5 Å². The van der Waals surface area contributed by atoms with Crippen molar-refractivity contribution >= 4 is 22.5 Å². The normalized spacial score (nSPS) is 24.4. The van der Waals surface area contributed by atoms with Gasteiger partial charge in [-0.2, -0.15) is 13.2 Å².